The molecule has 10 nitrogen and oxygen atoms in total. The Morgan fingerprint density at radius 1 is 1.08 bits per heavy atom. The molecule has 1 aliphatic rings. The Balaban J connectivity index is 1.92. The third-order valence-electron chi connectivity index (χ3n) is 7.16. The first-order valence-electron chi connectivity index (χ1n) is 15.8. The van der Waals surface area contributed by atoms with Gasteiger partial charge < -0.3 is 24.8 Å². The lowest BCUT2D eigenvalue weighted by Crippen LogP contribution is -2.52. The highest BCUT2D eigenvalue weighted by Crippen LogP contribution is 2.23. The second kappa shape index (κ2) is 19.9. The summed E-state index contributed by atoms with van der Waals surface area (Å²) in [5.41, 5.74) is 0.955. The van der Waals surface area contributed by atoms with Gasteiger partial charge in [-0.3, -0.25) is 14.9 Å². The molecule has 0 unspecified atom stereocenters. The lowest BCUT2D eigenvalue weighted by Gasteiger charge is -2.29. The van der Waals surface area contributed by atoms with E-state index in [2.05, 4.69) is 16.0 Å². The number of ether oxygens (including phenoxy) is 3. The quantitative estimate of drug-likeness (QED) is 0.101. The summed E-state index contributed by atoms with van der Waals surface area (Å²) in [6, 6.07) is 8.12. The Hall–Kier alpha value is -4.57. The number of methoxy groups -OCH3 is 1. The minimum absolute atomic E-state index is 0.0233. The van der Waals surface area contributed by atoms with Crippen molar-refractivity contribution in [2.24, 2.45) is 11.3 Å². The van der Waals surface area contributed by atoms with Crippen LogP contribution in [0.5, 0.6) is 0 Å². The van der Waals surface area contributed by atoms with E-state index in [0.717, 1.165) is 5.57 Å². The van der Waals surface area contributed by atoms with Gasteiger partial charge in [0.1, 0.15) is 18.2 Å². The highest BCUT2D eigenvalue weighted by Gasteiger charge is 2.32. The summed E-state index contributed by atoms with van der Waals surface area (Å²) in [7, 11) is 1.44. The maximum Gasteiger partial charge on any atom is 0.411 e. The lowest BCUT2D eigenvalue weighted by molar-refractivity contribution is -0.151. The topological polar surface area (TPSA) is 132 Å². The van der Waals surface area contributed by atoms with Crippen molar-refractivity contribution in [2.45, 2.75) is 79.1 Å². The molecule has 3 N–H and O–H groups in total. The van der Waals surface area contributed by atoms with Crippen LogP contribution in [0, 0.1) is 11.3 Å². The Labute approximate surface area is 289 Å². The summed E-state index contributed by atoms with van der Waals surface area (Å²) in [5, 5.41) is 8.76. The first kappa shape index (κ1) is 39.6. The molecule has 0 aliphatic carbocycles. The predicted molar refractivity (Wildman–Crippen MR) is 189 cm³/mol. The fourth-order valence-corrected chi connectivity index (χ4v) is 4.67. The molecular weight excluding hydrogens is 634 g/mol. The van der Waals surface area contributed by atoms with Crippen LogP contribution in [0.4, 0.5) is 10.5 Å². The van der Waals surface area contributed by atoms with Crippen LogP contribution < -0.4 is 16.0 Å². The van der Waals surface area contributed by atoms with Gasteiger partial charge in [0.25, 0.3) is 0 Å². The Kier molecular flexibility index (Phi) is 16.5. The number of hydrogen-bond donors (Lipinski definition) is 3. The van der Waals surface area contributed by atoms with Gasteiger partial charge in [-0.1, -0.05) is 99.5 Å². The molecule has 0 spiro atoms. The van der Waals surface area contributed by atoms with E-state index < -0.39 is 41.4 Å². The van der Waals surface area contributed by atoms with Crippen molar-refractivity contribution >= 4 is 41.2 Å². The second-order valence-electron chi connectivity index (χ2n) is 12.4. The van der Waals surface area contributed by atoms with Gasteiger partial charge in [-0.25, -0.2) is 9.59 Å². The van der Waals surface area contributed by atoms with Crippen LogP contribution in [-0.2, 0) is 28.6 Å². The highest BCUT2D eigenvalue weighted by atomic mass is 35.5. The van der Waals surface area contributed by atoms with E-state index in [1.807, 2.05) is 52.8 Å². The zero-order valence-corrected chi connectivity index (χ0v) is 29.5. The number of carbonyl (C=O) groups excluding carboxylic acids is 4. The second-order valence-corrected chi connectivity index (χ2v) is 13.0. The van der Waals surface area contributed by atoms with Gasteiger partial charge in [-0.15, -0.1) is 0 Å². The number of hydrogen-bond acceptors (Lipinski definition) is 7. The van der Waals surface area contributed by atoms with E-state index in [4.69, 9.17) is 25.8 Å². The van der Waals surface area contributed by atoms with Gasteiger partial charge in [0, 0.05) is 42.0 Å². The van der Waals surface area contributed by atoms with E-state index >= 15 is 0 Å². The molecular formula is C37H48ClN3O7. The number of halogens is 1. The molecule has 2 rings (SSSR count). The Bertz CT molecular complexity index is 1430. The number of rotatable bonds is 15. The summed E-state index contributed by atoms with van der Waals surface area (Å²) in [6.45, 7) is 11.2. The van der Waals surface area contributed by atoms with Crippen LogP contribution in [0.25, 0.3) is 0 Å². The zero-order valence-electron chi connectivity index (χ0n) is 28.7. The van der Waals surface area contributed by atoms with Crippen LogP contribution in [0.15, 0.2) is 102 Å². The monoisotopic (exact) mass is 681 g/mol. The summed E-state index contributed by atoms with van der Waals surface area (Å²) in [5.74, 6) is -1.09. The molecule has 0 radical (unpaired) electrons. The van der Waals surface area contributed by atoms with Gasteiger partial charge in [-0.2, -0.15) is 0 Å². The van der Waals surface area contributed by atoms with Crippen molar-refractivity contribution < 1.29 is 33.4 Å². The molecule has 0 saturated carbocycles. The first-order chi connectivity index (χ1) is 22.7. The average Bonchev–Trinajstić information content (AvgIpc) is 3.02. The maximum atomic E-state index is 13.1. The molecule has 48 heavy (non-hydrogen) atoms. The van der Waals surface area contributed by atoms with E-state index in [-0.39, 0.29) is 17.8 Å². The summed E-state index contributed by atoms with van der Waals surface area (Å²) >= 11 is 5.99. The predicted octanol–water partition coefficient (Wildman–Crippen LogP) is 7.23. The average molecular weight is 682 g/mol. The number of carbonyl (C=O) groups is 4. The minimum atomic E-state index is -0.831. The number of esters is 1. The van der Waals surface area contributed by atoms with E-state index in [1.54, 1.807) is 61.6 Å². The van der Waals surface area contributed by atoms with Crippen molar-refractivity contribution in [3.8, 4) is 0 Å². The van der Waals surface area contributed by atoms with E-state index in [0.29, 0.717) is 30.0 Å². The molecule has 0 fully saturated rings. The van der Waals surface area contributed by atoms with Gasteiger partial charge in [0.15, 0.2) is 5.76 Å². The summed E-state index contributed by atoms with van der Waals surface area (Å²) < 4.78 is 16.0. The minimum Gasteiger partial charge on any atom is -0.490 e. The number of allylic oxidation sites excluding steroid dienone is 5. The molecule has 3 amide bonds. The molecule has 260 valence electrons. The molecule has 0 aromatic heterocycles. The molecule has 11 heteroatoms. The molecule has 0 bridgehead atoms. The number of cyclic esters (lactones) is 1. The lowest BCUT2D eigenvalue weighted by atomic mass is 9.86. The largest absolute Gasteiger partial charge is 0.490 e. The molecule has 4 atom stereocenters. The summed E-state index contributed by atoms with van der Waals surface area (Å²) in [6.07, 6.45) is 15.0. The van der Waals surface area contributed by atoms with E-state index in [9.17, 15) is 19.2 Å². The van der Waals surface area contributed by atoms with Crippen LogP contribution in [0.3, 0.4) is 0 Å². The molecule has 0 saturated heterocycles. The Morgan fingerprint density at radius 3 is 2.40 bits per heavy atom. The van der Waals surface area contributed by atoms with Crippen LogP contribution in [0.1, 0.15) is 60.8 Å². The number of anilines is 1. The van der Waals surface area contributed by atoms with Gasteiger partial charge >= 0.3 is 12.1 Å². The standard InChI is InChI=1S/C37H48ClN3O7/c1-25(24-26(2)30-21-22-31(46-7)35(44)48-30)14-11-12-18-32(42)41-33(37(4,5)6)34(43)39-23-13-17-29(20-19-27(3)38)47-36(45)40-28-15-9-8-10-16-28/h8-16,18-19,22-24,26,29-30,33H,17,20-21H2,1-7H3,(H,39,43)(H,40,45)(H,41,42)/t26-,29+,30-,33+/m0/s1. The van der Waals surface area contributed by atoms with Crippen molar-refractivity contribution in [3.63, 3.8) is 0 Å². The van der Waals surface area contributed by atoms with Crippen molar-refractivity contribution in [2.75, 3.05) is 12.4 Å². The van der Waals surface area contributed by atoms with Crippen LogP contribution in [-0.4, -0.2) is 49.2 Å². The van der Waals surface area contributed by atoms with E-state index in [1.165, 1.54) is 19.4 Å². The number of amides is 3. The molecule has 1 heterocycles. The van der Waals surface area contributed by atoms with Gasteiger partial charge in [-0.05, 0) is 43.7 Å². The molecule has 1 aromatic rings. The number of nitrogens with one attached hydrogen (secondary N) is 3. The first-order valence-corrected chi connectivity index (χ1v) is 16.2. The smallest absolute Gasteiger partial charge is 0.411 e. The SMILES string of the molecule is COC1=CC[C@@H]([C@@H](C)C=C(C)C=CC=CC(=O)N[C@H](C(=O)NC=CC[C@H](CC=C(C)Cl)OC(=O)Nc2ccccc2)C(C)(C)C)OC1=O. The van der Waals surface area contributed by atoms with Crippen molar-refractivity contribution in [3.05, 3.63) is 102 Å². The van der Waals surface area contributed by atoms with Crippen molar-refractivity contribution in [1.82, 2.24) is 10.6 Å². The van der Waals surface area contributed by atoms with Gasteiger partial charge in [0.05, 0.1) is 7.11 Å². The number of benzene rings is 1. The third kappa shape index (κ3) is 14.9. The van der Waals surface area contributed by atoms with Crippen LogP contribution in [0.2, 0.25) is 0 Å². The third-order valence-corrected chi connectivity index (χ3v) is 7.31. The zero-order chi connectivity index (χ0) is 35.7. The van der Waals surface area contributed by atoms with Crippen molar-refractivity contribution in [1.29, 1.82) is 0 Å². The summed E-state index contributed by atoms with van der Waals surface area (Å²) in [4.78, 5) is 50.2. The van der Waals surface area contributed by atoms with Crippen LogP contribution >= 0.6 is 11.6 Å². The fraction of sp³-hybridized carbons (Fsp3) is 0.405. The molecule has 1 aliphatic heterocycles. The van der Waals surface area contributed by atoms with Gasteiger partial charge in [0.2, 0.25) is 11.8 Å². The fourth-order valence-electron chi connectivity index (χ4n) is 4.58. The number of para-hydroxylation sites is 1. The molecule has 1 aromatic carbocycles. The maximum absolute atomic E-state index is 13.1. The highest BCUT2D eigenvalue weighted by molar-refractivity contribution is 6.29. The Morgan fingerprint density at radius 2 is 1.77 bits per heavy atom. The normalized spacial score (nSPS) is 17.8.